The van der Waals surface area contributed by atoms with E-state index in [9.17, 15) is 19.2 Å². The zero-order valence-corrected chi connectivity index (χ0v) is 32.6. The molecule has 1 aromatic carbocycles. The molecule has 14 nitrogen and oxygen atoms in total. The summed E-state index contributed by atoms with van der Waals surface area (Å²) in [6.07, 6.45) is 9.23. The van der Waals surface area contributed by atoms with E-state index >= 15 is 0 Å². The first kappa shape index (κ1) is 38.4. The number of benzene rings is 1. The van der Waals surface area contributed by atoms with E-state index in [-0.39, 0.29) is 23.7 Å². The third-order valence-corrected chi connectivity index (χ3v) is 12.1. The number of pyridine rings is 1. The Bertz CT molecular complexity index is 2220. The summed E-state index contributed by atoms with van der Waals surface area (Å²) in [5.74, 6) is 0.231. The van der Waals surface area contributed by atoms with Crippen LogP contribution in [0.15, 0.2) is 60.9 Å². The van der Waals surface area contributed by atoms with Crippen LogP contribution in [0.2, 0.25) is 0 Å². The van der Waals surface area contributed by atoms with Crippen LogP contribution in [0, 0.1) is 23.1 Å². The number of carbonyl (C=O) groups is 2. The van der Waals surface area contributed by atoms with Crippen molar-refractivity contribution in [3.05, 3.63) is 72.3 Å². The van der Waals surface area contributed by atoms with Crippen LogP contribution in [0.3, 0.4) is 0 Å². The number of carbonyl (C=O) groups excluding carboxylic acids is 2. The lowest BCUT2D eigenvalue weighted by atomic mass is 9.95. The molecule has 4 fully saturated rings. The molecule has 0 spiro atoms. The van der Waals surface area contributed by atoms with Gasteiger partial charge in [0.15, 0.2) is 5.01 Å². The molecule has 4 aliphatic heterocycles. The second kappa shape index (κ2) is 17.7. The summed E-state index contributed by atoms with van der Waals surface area (Å²) in [6.45, 7) is 8.18. The lowest BCUT2D eigenvalue weighted by Crippen LogP contribution is -2.49. The largest absolute Gasteiger partial charge is 0.381 e. The highest BCUT2D eigenvalue weighted by Crippen LogP contribution is 2.37. The van der Waals surface area contributed by atoms with Gasteiger partial charge in [0.1, 0.15) is 11.9 Å². The molecular formula is C41H46FN11O3S. The molecule has 2 amide bonds. The Labute approximate surface area is 334 Å². The molecule has 57 heavy (non-hydrogen) atoms. The lowest BCUT2D eigenvalue weighted by Gasteiger charge is -2.39. The van der Waals surface area contributed by atoms with Crippen molar-refractivity contribution in [3.8, 4) is 28.0 Å². The van der Waals surface area contributed by atoms with Gasteiger partial charge in [-0.1, -0.05) is 23.5 Å². The van der Waals surface area contributed by atoms with Gasteiger partial charge in [0.05, 0.1) is 39.9 Å². The molecule has 0 unspecified atom stereocenters. The van der Waals surface area contributed by atoms with Crippen molar-refractivity contribution in [3.63, 3.8) is 0 Å². The van der Waals surface area contributed by atoms with Crippen molar-refractivity contribution in [2.75, 3.05) is 74.1 Å². The number of halogens is 1. The SMILES string of the molecule is N#Cc1cnn2c(-c3cc(NC4CCOCC4)c(-c4nnc(N5CCN(CC6CCN(c7ccccc7F)CC6)CC5)s4)cn3)ccc2c1.O=C1CCCC(=O)N1. The number of piperazine rings is 1. The van der Waals surface area contributed by atoms with Crippen LogP contribution >= 0.6 is 11.3 Å². The molecule has 0 aliphatic carbocycles. The zero-order chi connectivity index (χ0) is 39.1. The second-order valence-electron chi connectivity index (χ2n) is 14.9. The minimum absolute atomic E-state index is 0.128. The second-order valence-corrected chi connectivity index (χ2v) is 15.9. The average Bonchev–Trinajstić information content (AvgIpc) is 3.90. The monoisotopic (exact) mass is 791 g/mol. The predicted octanol–water partition coefficient (Wildman–Crippen LogP) is 5.37. The topological polar surface area (TPSA) is 157 Å². The summed E-state index contributed by atoms with van der Waals surface area (Å²) in [7, 11) is 0. The molecular weight excluding hydrogens is 746 g/mol. The first-order chi connectivity index (χ1) is 27.9. The number of nitrogens with one attached hydrogen (secondary N) is 2. The maximum absolute atomic E-state index is 14.3. The Hall–Kier alpha value is -5.50. The molecule has 4 aromatic heterocycles. The van der Waals surface area contributed by atoms with Crippen LogP contribution in [0.1, 0.15) is 50.5 Å². The number of piperidine rings is 2. The van der Waals surface area contributed by atoms with Crippen LogP contribution in [-0.4, -0.2) is 107 Å². The van der Waals surface area contributed by atoms with Crippen molar-refractivity contribution >= 4 is 45.2 Å². The Balaban J connectivity index is 0.000000509. The summed E-state index contributed by atoms with van der Waals surface area (Å²) < 4.78 is 21.7. The van der Waals surface area contributed by atoms with Gasteiger partial charge in [-0.2, -0.15) is 10.4 Å². The number of hydrogen-bond donors (Lipinski definition) is 2. The molecule has 0 radical (unpaired) electrons. The summed E-state index contributed by atoms with van der Waals surface area (Å²) in [5, 5.41) is 30.8. The molecule has 4 saturated heterocycles. The Morgan fingerprint density at radius 3 is 2.40 bits per heavy atom. The fraction of sp³-hybridized carbons (Fsp3) is 0.439. The maximum atomic E-state index is 14.3. The van der Waals surface area contributed by atoms with Gasteiger partial charge in [-0.15, -0.1) is 10.2 Å². The molecule has 4 aliphatic rings. The standard InChI is InChI=1S/C36H39FN10OS.C5H7NO2/c37-30-3-1-2-4-33(30)45-11-7-25(8-12-45)24-44-13-15-46(16-14-44)36-43-42-35(49-36)29-23-39-32(20-31(29)41-27-9-17-48-18-10-27)34-6-5-28-19-26(21-38)22-40-47(28)34;7-4-2-1-3-5(8)6-4/h1-6,19-20,22-23,25,27H,7-18,24H2,(H,39,41);1-3H2,(H,6,7,8). The third-order valence-electron chi connectivity index (χ3n) is 11.1. The Morgan fingerprint density at radius 2 is 1.68 bits per heavy atom. The molecule has 5 aromatic rings. The van der Waals surface area contributed by atoms with Gasteiger partial charge in [-0.3, -0.25) is 24.8 Å². The van der Waals surface area contributed by atoms with Crippen LogP contribution in [0.25, 0.3) is 27.5 Å². The molecule has 0 bridgehead atoms. The first-order valence-corrected chi connectivity index (χ1v) is 20.6. The lowest BCUT2D eigenvalue weighted by molar-refractivity contribution is -0.132. The van der Waals surface area contributed by atoms with Crippen molar-refractivity contribution in [2.45, 2.75) is 51.0 Å². The van der Waals surface area contributed by atoms with Crippen LogP contribution in [0.4, 0.5) is 20.9 Å². The molecule has 2 N–H and O–H groups in total. The number of nitrogens with zero attached hydrogens (tertiary/aromatic N) is 9. The number of para-hydroxylation sites is 1. The normalized spacial score (nSPS) is 18.5. The molecule has 0 atom stereocenters. The van der Waals surface area contributed by atoms with E-state index in [4.69, 9.17) is 9.72 Å². The molecule has 8 heterocycles. The van der Waals surface area contributed by atoms with Gasteiger partial charge in [0, 0.05) is 89.8 Å². The Kier molecular flexibility index (Phi) is 11.9. The average molecular weight is 792 g/mol. The number of ether oxygens (including phenoxy) is 1. The Morgan fingerprint density at radius 1 is 0.912 bits per heavy atom. The number of amides is 2. The van der Waals surface area contributed by atoms with Crippen LogP contribution in [0.5, 0.6) is 0 Å². The number of fused-ring (bicyclic) bond motifs is 1. The number of anilines is 3. The van der Waals surface area contributed by atoms with Crippen molar-refractivity contribution in [1.29, 1.82) is 5.26 Å². The fourth-order valence-corrected chi connectivity index (χ4v) is 8.82. The maximum Gasteiger partial charge on any atom is 0.226 e. The number of rotatable bonds is 8. The third kappa shape index (κ3) is 9.22. The van der Waals surface area contributed by atoms with E-state index in [0.717, 1.165) is 129 Å². The zero-order valence-electron chi connectivity index (χ0n) is 31.8. The van der Waals surface area contributed by atoms with E-state index in [1.165, 1.54) is 0 Å². The van der Waals surface area contributed by atoms with Crippen LogP contribution < -0.4 is 20.4 Å². The fourth-order valence-electron chi connectivity index (χ4n) is 7.90. The van der Waals surface area contributed by atoms with Gasteiger partial charge in [-0.25, -0.2) is 8.91 Å². The predicted molar refractivity (Wildman–Crippen MR) is 216 cm³/mol. The summed E-state index contributed by atoms with van der Waals surface area (Å²) >= 11 is 1.61. The van der Waals surface area contributed by atoms with E-state index in [1.54, 1.807) is 29.7 Å². The summed E-state index contributed by atoms with van der Waals surface area (Å²) in [4.78, 5) is 32.7. The van der Waals surface area contributed by atoms with E-state index < -0.39 is 0 Å². The van der Waals surface area contributed by atoms with Crippen molar-refractivity contribution in [1.82, 2.24) is 35.0 Å². The highest BCUT2D eigenvalue weighted by Gasteiger charge is 2.27. The number of nitriles is 1. The van der Waals surface area contributed by atoms with E-state index in [2.05, 4.69) is 52.8 Å². The van der Waals surface area contributed by atoms with Gasteiger partial charge < -0.3 is 19.9 Å². The smallest absolute Gasteiger partial charge is 0.226 e. The highest BCUT2D eigenvalue weighted by atomic mass is 32.1. The quantitative estimate of drug-likeness (QED) is 0.194. The summed E-state index contributed by atoms with van der Waals surface area (Å²) in [5.41, 5.74) is 5.63. The van der Waals surface area contributed by atoms with E-state index in [0.29, 0.717) is 30.7 Å². The number of aromatic nitrogens is 5. The van der Waals surface area contributed by atoms with Crippen molar-refractivity contribution in [2.24, 2.45) is 5.92 Å². The van der Waals surface area contributed by atoms with E-state index in [1.807, 2.05) is 41.0 Å². The molecule has 9 rings (SSSR count). The molecule has 0 saturated carbocycles. The van der Waals surface area contributed by atoms with Gasteiger partial charge in [0.2, 0.25) is 16.9 Å². The van der Waals surface area contributed by atoms with Crippen LogP contribution in [-0.2, 0) is 14.3 Å². The number of hydrogen-bond acceptors (Lipinski definition) is 13. The van der Waals surface area contributed by atoms with Crippen molar-refractivity contribution < 1.29 is 18.7 Å². The minimum atomic E-state index is -0.138. The van der Waals surface area contributed by atoms with Gasteiger partial charge in [-0.05, 0) is 74.4 Å². The highest BCUT2D eigenvalue weighted by molar-refractivity contribution is 7.18. The first-order valence-electron chi connectivity index (χ1n) is 19.8. The minimum Gasteiger partial charge on any atom is -0.381 e. The van der Waals surface area contributed by atoms with Gasteiger partial charge >= 0.3 is 0 Å². The number of imide groups is 1. The molecule has 296 valence electrons. The summed E-state index contributed by atoms with van der Waals surface area (Å²) in [6, 6.07) is 17.4. The molecule has 16 heteroatoms. The van der Waals surface area contributed by atoms with Gasteiger partial charge in [0.25, 0.3) is 0 Å².